The van der Waals surface area contributed by atoms with E-state index in [4.69, 9.17) is 4.74 Å². The van der Waals surface area contributed by atoms with Crippen molar-refractivity contribution >= 4 is 21.6 Å². The molecule has 2 aliphatic rings. The van der Waals surface area contributed by atoms with Crippen molar-refractivity contribution in [2.24, 2.45) is 0 Å². The second-order valence-corrected chi connectivity index (χ2v) is 8.02. The summed E-state index contributed by atoms with van der Waals surface area (Å²) in [5.74, 6) is 0.239. The lowest BCUT2D eigenvalue weighted by Crippen LogP contribution is -2.32. The van der Waals surface area contributed by atoms with Crippen LogP contribution in [0.25, 0.3) is 0 Å². The second-order valence-electron chi connectivity index (χ2n) is 6.31. The lowest BCUT2D eigenvalue weighted by molar-refractivity contribution is -0.116. The van der Waals surface area contributed by atoms with Gasteiger partial charge in [-0.05, 0) is 36.8 Å². The number of benzene rings is 2. The first-order chi connectivity index (χ1) is 12.0. The molecule has 2 N–H and O–H groups in total. The van der Waals surface area contributed by atoms with Crippen LogP contribution in [0.15, 0.2) is 47.4 Å². The van der Waals surface area contributed by atoms with Crippen molar-refractivity contribution in [1.29, 1.82) is 0 Å². The predicted molar refractivity (Wildman–Crippen MR) is 93.1 cm³/mol. The molecule has 130 valence electrons. The Kier molecular flexibility index (Phi) is 3.77. The number of nitrogens with one attached hydrogen (secondary N) is 2. The van der Waals surface area contributed by atoms with E-state index in [0.29, 0.717) is 30.0 Å². The molecule has 0 saturated carbocycles. The highest BCUT2D eigenvalue weighted by atomic mass is 32.2. The van der Waals surface area contributed by atoms with Gasteiger partial charge >= 0.3 is 0 Å². The monoisotopic (exact) mass is 358 g/mol. The van der Waals surface area contributed by atoms with Crippen molar-refractivity contribution < 1.29 is 17.9 Å². The number of fused-ring (bicyclic) bond motifs is 2. The van der Waals surface area contributed by atoms with E-state index in [1.54, 1.807) is 19.1 Å². The summed E-state index contributed by atoms with van der Waals surface area (Å²) in [5.41, 5.74) is 2.22. The summed E-state index contributed by atoms with van der Waals surface area (Å²) in [5, 5.41) is 2.75. The van der Waals surface area contributed by atoms with Crippen molar-refractivity contribution in [2.75, 3.05) is 11.9 Å². The highest BCUT2D eigenvalue weighted by molar-refractivity contribution is 7.89. The predicted octanol–water partition coefficient (Wildman–Crippen LogP) is 2.54. The molecular weight excluding hydrogens is 340 g/mol. The van der Waals surface area contributed by atoms with Crippen LogP contribution < -0.4 is 14.8 Å². The van der Waals surface area contributed by atoms with Crippen molar-refractivity contribution in [3.63, 3.8) is 0 Å². The number of rotatable bonds is 3. The van der Waals surface area contributed by atoms with Crippen LogP contribution in [-0.4, -0.2) is 20.9 Å². The zero-order chi connectivity index (χ0) is 17.6. The smallest absolute Gasteiger partial charge is 0.241 e. The summed E-state index contributed by atoms with van der Waals surface area (Å²) in [6, 6.07) is 11.8. The quantitative estimate of drug-likeness (QED) is 0.883. The number of carbonyl (C=O) groups is 1. The molecule has 0 spiro atoms. The minimum atomic E-state index is -3.71. The van der Waals surface area contributed by atoms with Gasteiger partial charge in [-0.1, -0.05) is 18.2 Å². The molecule has 0 aliphatic carbocycles. The Bertz CT molecular complexity index is 955. The summed E-state index contributed by atoms with van der Waals surface area (Å²) in [6.07, 6.45) is 0.567. The average molecular weight is 358 g/mol. The van der Waals surface area contributed by atoms with Gasteiger partial charge in [0, 0.05) is 17.7 Å². The Hall–Kier alpha value is -2.38. The minimum Gasteiger partial charge on any atom is -0.493 e. The Labute approximate surface area is 146 Å². The molecule has 0 aromatic heterocycles. The highest BCUT2D eigenvalue weighted by Crippen LogP contribution is 2.35. The van der Waals surface area contributed by atoms with Gasteiger partial charge < -0.3 is 10.1 Å². The summed E-state index contributed by atoms with van der Waals surface area (Å²) in [6.45, 7) is 2.23. The van der Waals surface area contributed by atoms with Gasteiger partial charge in [-0.15, -0.1) is 0 Å². The highest BCUT2D eigenvalue weighted by Gasteiger charge is 2.30. The van der Waals surface area contributed by atoms with E-state index < -0.39 is 10.0 Å². The van der Waals surface area contributed by atoms with E-state index in [2.05, 4.69) is 10.0 Å². The molecule has 1 amide bonds. The largest absolute Gasteiger partial charge is 0.493 e. The number of sulfonamides is 1. The molecule has 0 fully saturated rings. The topological polar surface area (TPSA) is 84.5 Å². The third-order valence-corrected chi connectivity index (χ3v) is 6.18. The van der Waals surface area contributed by atoms with Gasteiger partial charge in [0.05, 0.1) is 23.5 Å². The molecule has 6 nitrogen and oxygen atoms in total. The molecule has 0 radical (unpaired) electrons. The fourth-order valence-corrected chi connectivity index (χ4v) is 4.57. The van der Waals surface area contributed by atoms with Crippen LogP contribution in [0.4, 0.5) is 5.69 Å². The number of hydrogen-bond acceptors (Lipinski definition) is 4. The van der Waals surface area contributed by atoms with Gasteiger partial charge in [0.25, 0.3) is 0 Å². The summed E-state index contributed by atoms with van der Waals surface area (Å²) >= 11 is 0. The molecule has 0 bridgehead atoms. The maximum atomic E-state index is 12.8. The van der Waals surface area contributed by atoms with Gasteiger partial charge in [0.1, 0.15) is 5.75 Å². The SMILES string of the molecule is C[C@H]1C(=O)Nc2ccc(S(=O)(=O)N[C@H]3CCOc4ccccc43)cc21. The number of amides is 1. The first-order valence-electron chi connectivity index (χ1n) is 8.14. The Morgan fingerprint density at radius 1 is 1.16 bits per heavy atom. The maximum absolute atomic E-state index is 12.8. The Morgan fingerprint density at radius 2 is 1.96 bits per heavy atom. The Balaban J connectivity index is 1.65. The molecular formula is C18H18N2O4S. The van der Waals surface area contributed by atoms with Gasteiger partial charge in [-0.3, -0.25) is 4.79 Å². The number of ether oxygens (including phenoxy) is 1. The zero-order valence-electron chi connectivity index (χ0n) is 13.7. The second kappa shape index (κ2) is 5.86. The van der Waals surface area contributed by atoms with E-state index in [0.717, 1.165) is 5.56 Å². The van der Waals surface area contributed by atoms with Crippen molar-refractivity contribution in [2.45, 2.75) is 30.2 Å². The number of para-hydroxylation sites is 1. The van der Waals surface area contributed by atoms with Gasteiger partial charge in [0.15, 0.2) is 0 Å². The molecule has 0 unspecified atom stereocenters. The molecule has 7 heteroatoms. The summed E-state index contributed by atoms with van der Waals surface area (Å²) in [7, 11) is -3.71. The minimum absolute atomic E-state index is 0.115. The molecule has 0 saturated heterocycles. The van der Waals surface area contributed by atoms with Crippen LogP contribution in [0.3, 0.4) is 0 Å². The van der Waals surface area contributed by atoms with Crippen molar-refractivity contribution in [1.82, 2.24) is 4.72 Å². The van der Waals surface area contributed by atoms with E-state index >= 15 is 0 Å². The summed E-state index contributed by atoms with van der Waals surface area (Å²) in [4.78, 5) is 11.9. The van der Waals surface area contributed by atoms with E-state index in [9.17, 15) is 13.2 Å². The lowest BCUT2D eigenvalue weighted by atomic mass is 10.0. The van der Waals surface area contributed by atoms with E-state index in [1.807, 2.05) is 24.3 Å². The van der Waals surface area contributed by atoms with E-state index in [-0.39, 0.29) is 22.8 Å². The fraction of sp³-hybridized carbons (Fsp3) is 0.278. The van der Waals surface area contributed by atoms with E-state index in [1.165, 1.54) is 6.07 Å². The standard InChI is InChI=1S/C18H18N2O4S/c1-11-14-10-12(6-7-15(14)19-18(11)21)25(22,23)20-16-8-9-24-17-5-3-2-4-13(16)17/h2-7,10-11,16,20H,8-9H2,1H3,(H,19,21)/t11-,16+/m1/s1. The van der Waals surface area contributed by atoms with Gasteiger partial charge in [-0.25, -0.2) is 13.1 Å². The third-order valence-electron chi connectivity index (χ3n) is 4.71. The van der Waals surface area contributed by atoms with Crippen molar-refractivity contribution in [3.8, 4) is 5.75 Å². The number of hydrogen-bond donors (Lipinski definition) is 2. The maximum Gasteiger partial charge on any atom is 0.241 e. The fourth-order valence-electron chi connectivity index (χ4n) is 3.28. The molecule has 4 rings (SSSR count). The molecule has 2 aromatic rings. The van der Waals surface area contributed by atoms with Crippen molar-refractivity contribution in [3.05, 3.63) is 53.6 Å². The van der Waals surface area contributed by atoms with Crippen LogP contribution >= 0.6 is 0 Å². The Morgan fingerprint density at radius 3 is 2.80 bits per heavy atom. The molecule has 2 atom stereocenters. The van der Waals surface area contributed by atoms with Gasteiger partial charge in [0.2, 0.25) is 15.9 Å². The first-order valence-corrected chi connectivity index (χ1v) is 9.63. The van der Waals surface area contributed by atoms with Crippen LogP contribution in [-0.2, 0) is 14.8 Å². The van der Waals surface area contributed by atoms with Crippen LogP contribution in [0.5, 0.6) is 5.75 Å². The van der Waals surface area contributed by atoms with Gasteiger partial charge in [-0.2, -0.15) is 0 Å². The number of anilines is 1. The lowest BCUT2D eigenvalue weighted by Gasteiger charge is -2.26. The number of carbonyl (C=O) groups excluding carboxylic acids is 1. The molecule has 25 heavy (non-hydrogen) atoms. The molecule has 2 aliphatic heterocycles. The summed E-state index contributed by atoms with van der Waals surface area (Å²) < 4.78 is 34.0. The van der Waals surface area contributed by atoms with Crippen LogP contribution in [0.1, 0.15) is 36.4 Å². The van der Waals surface area contributed by atoms with Crippen LogP contribution in [0.2, 0.25) is 0 Å². The molecule has 2 heterocycles. The van der Waals surface area contributed by atoms with Crippen LogP contribution in [0, 0.1) is 0 Å². The first kappa shape index (κ1) is 16.1. The normalized spacial score (nSPS) is 21.9. The third kappa shape index (κ3) is 2.79. The average Bonchev–Trinajstić information content (AvgIpc) is 2.89. The molecule has 2 aromatic carbocycles. The zero-order valence-corrected chi connectivity index (χ0v) is 14.5.